The van der Waals surface area contributed by atoms with Crippen molar-refractivity contribution in [2.24, 2.45) is 0 Å². The van der Waals surface area contributed by atoms with Crippen LogP contribution in [-0.2, 0) is 32.6 Å². The number of methoxy groups -OCH3 is 4. The number of hydrogen-bond donors (Lipinski definition) is 1. The largest absolute Gasteiger partial charge is 0.514 e. The Balaban J connectivity index is 1.26. The summed E-state index contributed by atoms with van der Waals surface area (Å²) in [7, 11) is 8.57. The Kier molecular flexibility index (Phi) is 10.2. The van der Waals surface area contributed by atoms with E-state index in [0.717, 1.165) is 38.9 Å². The molecule has 2 saturated heterocycles. The molecule has 4 bridgehead atoms. The number of esters is 1. The smallest absolute Gasteiger partial charge is 0.496 e. The number of thioether (sulfide) groups is 1. The number of carbonyl (C=O) groups is 2. The number of ether oxygens (including phenoxy) is 9. The van der Waals surface area contributed by atoms with E-state index in [1.54, 1.807) is 66.0 Å². The van der Waals surface area contributed by atoms with Gasteiger partial charge < -0.3 is 42.6 Å². The highest BCUT2D eigenvalue weighted by Crippen LogP contribution is 2.64. The van der Waals surface area contributed by atoms with Crippen molar-refractivity contribution in [1.82, 2.24) is 15.1 Å². The van der Waals surface area contributed by atoms with Gasteiger partial charge in [-0.05, 0) is 88.9 Å². The van der Waals surface area contributed by atoms with Crippen molar-refractivity contribution in [2.75, 3.05) is 61.2 Å². The van der Waals surface area contributed by atoms with Crippen molar-refractivity contribution < 1.29 is 52.2 Å². The fourth-order valence-electron chi connectivity index (χ4n) is 10.8. The van der Waals surface area contributed by atoms with Gasteiger partial charge in [0.25, 0.3) is 0 Å². The standard InChI is InChI=1S/C45H52N4O11S/c1-21-13-24-14-26-27(17-46)49-28-18-56-42(50)45(25-16-29(52-7)30(15-23(25)11-12-47-45)59-43(51)60-44(3,4)5)19-61-41(33-32(28)40-38(57-20-58-40)22(2)37(33)54-9)35(49)34(48(26)6)31(24)39(55-10)36(21)53-8/h13,15-16,26-28,34-35,41,47H,11-12,14,18-20H2,1-10H3/t26-,27-,28-,34+,35?,41+,45+/m0/s1. The fraction of sp³-hybridized carbons (Fsp3) is 0.533. The average molecular weight is 857 g/mol. The zero-order chi connectivity index (χ0) is 43.3. The number of fused-ring (bicyclic) bond motifs is 9. The summed E-state index contributed by atoms with van der Waals surface area (Å²) in [4.78, 5) is 32.5. The van der Waals surface area contributed by atoms with Crippen LogP contribution in [-0.4, -0.2) is 107 Å². The number of likely N-dealkylation sites (N-methyl/N-ethyl adjacent to an activating group) is 1. The van der Waals surface area contributed by atoms with Crippen molar-refractivity contribution in [1.29, 1.82) is 5.26 Å². The van der Waals surface area contributed by atoms with Crippen molar-refractivity contribution in [2.45, 2.75) is 94.1 Å². The van der Waals surface area contributed by atoms with Crippen LogP contribution in [0.15, 0.2) is 18.2 Å². The first-order chi connectivity index (χ1) is 29.2. The number of hydrogen-bond acceptors (Lipinski definition) is 16. The molecule has 15 nitrogen and oxygen atoms in total. The van der Waals surface area contributed by atoms with Crippen LogP contribution in [0, 0.1) is 25.2 Å². The number of piperazine rings is 1. The van der Waals surface area contributed by atoms with Crippen molar-refractivity contribution in [3.63, 3.8) is 0 Å². The third-order valence-corrected chi connectivity index (χ3v) is 14.6. The number of nitriles is 1. The SMILES string of the molecule is COc1cc2c(cc1OC(=O)OC(C)(C)C)CCN[C@]21CS[C@@H]2c3c(OC)c(C)c4c(c3[C@H](COC1=O)N1C2[C@H]2c3c(cc(C)c(OC)c3OC)C[C@@H]([C@@H]1C#N)N2C)OCO4. The molecule has 7 aliphatic rings. The lowest BCUT2D eigenvalue weighted by molar-refractivity contribution is -0.157. The Hall–Kier alpha value is -5.08. The highest BCUT2D eigenvalue weighted by molar-refractivity contribution is 7.99. The van der Waals surface area contributed by atoms with Gasteiger partial charge in [-0.25, -0.2) is 9.59 Å². The second-order valence-electron chi connectivity index (χ2n) is 17.4. The summed E-state index contributed by atoms with van der Waals surface area (Å²) in [6.45, 7) is 9.64. The third kappa shape index (κ3) is 6.17. The summed E-state index contributed by atoms with van der Waals surface area (Å²) in [6.07, 6.45) is 0.278. The minimum Gasteiger partial charge on any atom is -0.496 e. The first-order valence-electron chi connectivity index (χ1n) is 20.5. The molecule has 3 aromatic rings. The third-order valence-electron chi connectivity index (χ3n) is 13.1. The molecule has 1 spiro atoms. The van der Waals surface area contributed by atoms with Gasteiger partial charge in [0, 0.05) is 46.6 Å². The van der Waals surface area contributed by atoms with Gasteiger partial charge in [0.2, 0.25) is 6.79 Å². The second-order valence-corrected chi connectivity index (χ2v) is 18.6. The van der Waals surface area contributed by atoms with E-state index in [0.29, 0.717) is 53.7 Å². The Morgan fingerprint density at radius 1 is 0.934 bits per heavy atom. The Labute approximate surface area is 359 Å². The summed E-state index contributed by atoms with van der Waals surface area (Å²) in [5.41, 5.74) is 4.92. The molecule has 1 N–H and O–H groups in total. The molecule has 0 aromatic heterocycles. The van der Waals surface area contributed by atoms with Crippen LogP contribution in [0.25, 0.3) is 0 Å². The van der Waals surface area contributed by atoms with Crippen LogP contribution in [0.2, 0.25) is 0 Å². The zero-order valence-corrected chi connectivity index (χ0v) is 37.0. The predicted octanol–water partition coefficient (Wildman–Crippen LogP) is 5.98. The van der Waals surface area contributed by atoms with E-state index >= 15 is 4.79 Å². The van der Waals surface area contributed by atoms with Gasteiger partial charge in [0.05, 0.1) is 51.8 Å². The lowest BCUT2D eigenvalue weighted by atomic mass is 9.71. The first kappa shape index (κ1) is 41.3. The van der Waals surface area contributed by atoms with E-state index in [1.807, 2.05) is 13.8 Å². The van der Waals surface area contributed by atoms with Crippen LogP contribution in [0.3, 0.4) is 0 Å². The van der Waals surface area contributed by atoms with Crippen molar-refractivity contribution in [3.8, 4) is 46.3 Å². The molecule has 61 heavy (non-hydrogen) atoms. The van der Waals surface area contributed by atoms with Gasteiger partial charge in [-0.2, -0.15) is 5.26 Å². The summed E-state index contributed by atoms with van der Waals surface area (Å²) in [5.74, 6) is 3.33. The maximum atomic E-state index is 15.1. The average Bonchev–Trinajstić information content (AvgIpc) is 3.71. The number of carbonyl (C=O) groups excluding carboxylic acids is 2. The molecule has 7 heterocycles. The number of aryl methyl sites for hydroxylation is 1. The molecule has 0 saturated carbocycles. The zero-order valence-electron chi connectivity index (χ0n) is 36.2. The van der Waals surface area contributed by atoms with Crippen molar-refractivity contribution >= 4 is 23.9 Å². The Morgan fingerprint density at radius 2 is 1.67 bits per heavy atom. The molecular formula is C45H52N4O11S. The van der Waals surface area contributed by atoms with E-state index < -0.39 is 40.6 Å². The molecule has 7 atom stereocenters. The summed E-state index contributed by atoms with van der Waals surface area (Å²) >= 11 is 1.60. The molecule has 2 fully saturated rings. The first-order valence-corrected chi connectivity index (χ1v) is 21.6. The molecule has 3 aromatic carbocycles. The number of nitrogens with one attached hydrogen (secondary N) is 1. The molecular weight excluding hydrogens is 805 g/mol. The minimum absolute atomic E-state index is 0.0220. The van der Waals surface area contributed by atoms with Crippen LogP contribution < -0.4 is 38.5 Å². The van der Waals surface area contributed by atoms with Crippen LogP contribution in [0.4, 0.5) is 4.79 Å². The van der Waals surface area contributed by atoms with Gasteiger partial charge >= 0.3 is 12.1 Å². The predicted molar refractivity (Wildman–Crippen MR) is 223 cm³/mol. The number of benzene rings is 3. The monoisotopic (exact) mass is 856 g/mol. The Morgan fingerprint density at radius 3 is 2.36 bits per heavy atom. The highest BCUT2D eigenvalue weighted by atomic mass is 32.2. The molecule has 324 valence electrons. The van der Waals surface area contributed by atoms with E-state index in [1.165, 1.54) is 7.11 Å². The van der Waals surface area contributed by atoms with Gasteiger partial charge in [-0.15, -0.1) is 11.8 Å². The van der Waals surface area contributed by atoms with Crippen molar-refractivity contribution in [3.05, 3.63) is 62.7 Å². The van der Waals surface area contributed by atoms with Gasteiger partial charge in [0.1, 0.15) is 24.0 Å². The molecule has 10 rings (SSSR count). The van der Waals surface area contributed by atoms with E-state index in [2.05, 4.69) is 34.3 Å². The molecule has 0 radical (unpaired) electrons. The number of nitrogens with zero attached hydrogens (tertiary/aromatic N) is 3. The molecule has 0 aliphatic carbocycles. The summed E-state index contributed by atoms with van der Waals surface area (Å²) in [6, 6.07) is 6.29. The van der Waals surface area contributed by atoms with Gasteiger partial charge in [-0.3, -0.25) is 15.1 Å². The normalized spacial score (nSPS) is 27.4. The topological polar surface area (TPSA) is 160 Å². The summed E-state index contributed by atoms with van der Waals surface area (Å²) in [5, 5.41) is 14.5. The van der Waals surface area contributed by atoms with Gasteiger partial charge in [0.15, 0.2) is 40.0 Å². The lowest BCUT2D eigenvalue weighted by Crippen LogP contribution is -2.69. The van der Waals surface area contributed by atoms with E-state index in [9.17, 15) is 10.1 Å². The lowest BCUT2D eigenvalue weighted by Gasteiger charge is -2.62. The van der Waals surface area contributed by atoms with E-state index in [4.69, 9.17) is 42.6 Å². The van der Waals surface area contributed by atoms with Crippen LogP contribution in [0.5, 0.6) is 40.2 Å². The number of rotatable bonds is 5. The quantitative estimate of drug-likeness (QED) is 0.236. The molecule has 0 amide bonds. The summed E-state index contributed by atoms with van der Waals surface area (Å²) < 4.78 is 54.6. The van der Waals surface area contributed by atoms with Crippen LogP contribution >= 0.6 is 11.8 Å². The maximum absolute atomic E-state index is 15.1. The maximum Gasteiger partial charge on any atom is 0.514 e. The van der Waals surface area contributed by atoms with Crippen LogP contribution in [0.1, 0.15) is 82.6 Å². The van der Waals surface area contributed by atoms with E-state index in [-0.39, 0.29) is 48.8 Å². The Bertz CT molecular complexity index is 2380. The highest BCUT2D eigenvalue weighted by Gasteiger charge is 2.62. The van der Waals surface area contributed by atoms with Gasteiger partial charge in [-0.1, -0.05) is 6.07 Å². The molecule has 16 heteroatoms. The molecule has 1 unspecified atom stereocenters. The second kappa shape index (κ2) is 15.1. The molecule has 7 aliphatic heterocycles. The minimum atomic E-state index is -1.35. The fourth-order valence-corrected chi connectivity index (χ4v) is 12.5.